The maximum atomic E-state index is 12.0. The van der Waals surface area contributed by atoms with Crippen LogP contribution < -0.4 is 14.2 Å². The molecule has 0 bridgehead atoms. The third-order valence-corrected chi connectivity index (χ3v) is 6.70. The van der Waals surface area contributed by atoms with E-state index in [0.29, 0.717) is 30.2 Å². The summed E-state index contributed by atoms with van der Waals surface area (Å²) in [6.45, 7) is 0.711. The number of carboxylic acids is 1. The van der Waals surface area contributed by atoms with Crippen LogP contribution in [0.25, 0.3) is 10.1 Å². The Morgan fingerprint density at radius 3 is 2.47 bits per heavy atom. The van der Waals surface area contributed by atoms with Crippen LogP contribution in [0.3, 0.4) is 0 Å². The molecule has 0 aliphatic carbocycles. The van der Waals surface area contributed by atoms with Crippen molar-refractivity contribution < 1.29 is 24.1 Å². The molecule has 1 aliphatic heterocycles. The van der Waals surface area contributed by atoms with E-state index in [1.54, 1.807) is 32.7 Å². The highest BCUT2D eigenvalue weighted by Gasteiger charge is 2.38. The summed E-state index contributed by atoms with van der Waals surface area (Å²) in [5.41, 5.74) is 2.01. The van der Waals surface area contributed by atoms with Crippen LogP contribution in [0.15, 0.2) is 41.8 Å². The second-order valence-electron chi connectivity index (χ2n) is 7.28. The summed E-state index contributed by atoms with van der Waals surface area (Å²) in [4.78, 5) is 14.1. The molecular formula is C23H25NO5S. The van der Waals surface area contributed by atoms with E-state index >= 15 is 0 Å². The first-order chi connectivity index (χ1) is 14.6. The van der Waals surface area contributed by atoms with Gasteiger partial charge in [-0.3, -0.25) is 9.69 Å². The Balaban J connectivity index is 1.93. The first kappa shape index (κ1) is 20.5. The summed E-state index contributed by atoms with van der Waals surface area (Å²) < 4.78 is 17.8. The normalized spacial score (nSPS) is 17.8. The van der Waals surface area contributed by atoms with Crippen molar-refractivity contribution in [2.24, 2.45) is 0 Å². The predicted octanol–water partition coefficient (Wildman–Crippen LogP) is 4.57. The highest BCUT2D eigenvalue weighted by molar-refractivity contribution is 7.17. The highest BCUT2D eigenvalue weighted by Crippen LogP contribution is 2.45. The second-order valence-corrected chi connectivity index (χ2v) is 8.19. The number of carbonyl (C=O) groups is 1. The van der Waals surface area contributed by atoms with Crippen molar-refractivity contribution in [2.75, 3.05) is 27.9 Å². The number of hydrogen-bond donors (Lipinski definition) is 1. The molecule has 1 aliphatic rings. The van der Waals surface area contributed by atoms with E-state index in [9.17, 15) is 9.90 Å². The van der Waals surface area contributed by atoms with Gasteiger partial charge in [0.25, 0.3) is 0 Å². The van der Waals surface area contributed by atoms with E-state index in [2.05, 4.69) is 22.4 Å². The van der Waals surface area contributed by atoms with E-state index < -0.39 is 12.0 Å². The smallest absolute Gasteiger partial charge is 0.320 e. The summed E-state index contributed by atoms with van der Waals surface area (Å²) >= 11 is 1.67. The third-order valence-electron chi connectivity index (χ3n) is 5.72. The number of carboxylic acid groups (broad SMARTS) is 1. The molecule has 3 aromatic rings. The molecule has 1 N–H and O–H groups in total. The largest absolute Gasteiger partial charge is 0.493 e. The number of methoxy groups -OCH3 is 3. The van der Waals surface area contributed by atoms with Gasteiger partial charge >= 0.3 is 5.97 Å². The molecule has 7 heteroatoms. The minimum absolute atomic E-state index is 0.238. The molecule has 1 saturated heterocycles. The number of benzene rings is 2. The zero-order chi connectivity index (χ0) is 21.3. The first-order valence-electron chi connectivity index (χ1n) is 9.83. The SMILES string of the molecule is COc1cc(C(c2csc3ccccc23)N2CCCC2C(=O)O)cc(OC)c1OC. The molecule has 0 amide bonds. The minimum Gasteiger partial charge on any atom is -0.493 e. The lowest BCUT2D eigenvalue weighted by atomic mass is 9.95. The summed E-state index contributed by atoms with van der Waals surface area (Å²) in [6.07, 6.45) is 1.48. The van der Waals surface area contributed by atoms with Crippen molar-refractivity contribution in [1.29, 1.82) is 0 Å². The van der Waals surface area contributed by atoms with Gasteiger partial charge in [-0.05, 0) is 52.9 Å². The zero-order valence-corrected chi connectivity index (χ0v) is 18.1. The molecule has 0 radical (unpaired) electrons. The number of fused-ring (bicyclic) bond motifs is 1. The Labute approximate surface area is 179 Å². The Bertz CT molecular complexity index is 1040. The average Bonchev–Trinajstić information content (AvgIpc) is 3.41. The molecule has 2 atom stereocenters. The molecule has 158 valence electrons. The zero-order valence-electron chi connectivity index (χ0n) is 17.3. The van der Waals surface area contributed by atoms with E-state index in [4.69, 9.17) is 14.2 Å². The molecule has 2 aromatic carbocycles. The summed E-state index contributed by atoms with van der Waals surface area (Å²) in [5, 5.41) is 13.1. The van der Waals surface area contributed by atoms with Crippen molar-refractivity contribution in [1.82, 2.24) is 4.90 Å². The van der Waals surface area contributed by atoms with Gasteiger partial charge in [0.2, 0.25) is 5.75 Å². The monoisotopic (exact) mass is 427 g/mol. The topological polar surface area (TPSA) is 68.2 Å². The van der Waals surface area contributed by atoms with Gasteiger partial charge in [0, 0.05) is 11.2 Å². The van der Waals surface area contributed by atoms with Gasteiger partial charge in [0.05, 0.1) is 27.4 Å². The van der Waals surface area contributed by atoms with Crippen molar-refractivity contribution in [3.8, 4) is 17.2 Å². The van der Waals surface area contributed by atoms with Crippen LogP contribution in [0, 0.1) is 0 Å². The summed E-state index contributed by atoms with van der Waals surface area (Å²) in [6, 6.07) is 11.3. The molecule has 4 rings (SSSR count). The van der Waals surface area contributed by atoms with Crippen molar-refractivity contribution >= 4 is 27.4 Å². The van der Waals surface area contributed by atoms with Crippen LogP contribution >= 0.6 is 11.3 Å². The van der Waals surface area contributed by atoms with Crippen LogP contribution in [0.4, 0.5) is 0 Å². The Hall–Kier alpha value is -2.77. The van der Waals surface area contributed by atoms with Gasteiger partial charge < -0.3 is 19.3 Å². The fourth-order valence-corrected chi connectivity index (χ4v) is 5.36. The standard InChI is InChI=1S/C23H25NO5S/c1-27-18-11-14(12-19(28-2)22(18)29-3)21(24-10-6-8-17(24)23(25)26)16-13-30-20-9-5-4-7-15(16)20/h4-5,7,9,11-13,17,21H,6,8,10H2,1-3H3,(H,25,26). The van der Waals surface area contributed by atoms with Gasteiger partial charge in [-0.1, -0.05) is 18.2 Å². The lowest BCUT2D eigenvalue weighted by molar-refractivity contribution is -0.142. The van der Waals surface area contributed by atoms with Crippen molar-refractivity contribution in [3.63, 3.8) is 0 Å². The molecular weight excluding hydrogens is 402 g/mol. The number of nitrogens with zero attached hydrogens (tertiary/aromatic N) is 1. The molecule has 1 aromatic heterocycles. The summed E-state index contributed by atoms with van der Waals surface area (Å²) in [7, 11) is 4.75. The van der Waals surface area contributed by atoms with E-state index in [1.165, 1.54) is 4.70 Å². The van der Waals surface area contributed by atoms with E-state index in [-0.39, 0.29) is 6.04 Å². The predicted molar refractivity (Wildman–Crippen MR) is 117 cm³/mol. The fourth-order valence-electron chi connectivity index (χ4n) is 4.38. The number of aliphatic carboxylic acids is 1. The maximum absolute atomic E-state index is 12.0. The van der Waals surface area contributed by atoms with Crippen LogP contribution in [0.2, 0.25) is 0 Å². The molecule has 6 nitrogen and oxygen atoms in total. The molecule has 2 heterocycles. The molecule has 0 saturated carbocycles. The number of rotatable bonds is 7. The van der Waals surface area contributed by atoms with Crippen molar-refractivity contribution in [2.45, 2.75) is 24.9 Å². The van der Waals surface area contributed by atoms with E-state index in [0.717, 1.165) is 22.9 Å². The number of likely N-dealkylation sites (tertiary alicyclic amines) is 1. The fraction of sp³-hybridized carbons (Fsp3) is 0.348. The van der Waals surface area contributed by atoms with Gasteiger partial charge in [-0.2, -0.15) is 0 Å². The van der Waals surface area contributed by atoms with Crippen LogP contribution in [-0.4, -0.2) is 49.9 Å². The van der Waals surface area contributed by atoms with Gasteiger partial charge in [-0.15, -0.1) is 11.3 Å². The van der Waals surface area contributed by atoms with Gasteiger partial charge in [0.15, 0.2) is 11.5 Å². The second kappa shape index (κ2) is 8.53. The molecule has 0 spiro atoms. The number of hydrogen-bond acceptors (Lipinski definition) is 6. The number of thiophene rings is 1. The Morgan fingerprint density at radius 2 is 1.83 bits per heavy atom. The van der Waals surface area contributed by atoms with Crippen LogP contribution in [0.5, 0.6) is 17.2 Å². The maximum Gasteiger partial charge on any atom is 0.320 e. The van der Waals surface area contributed by atoms with Crippen molar-refractivity contribution in [3.05, 3.63) is 52.9 Å². The lowest BCUT2D eigenvalue weighted by Crippen LogP contribution is -2.39. The number of ether oxygens (including phenoxy) is 3. The van der Waals surface area contributed by atoms with Crippen LogP contribution in [-0.2, 0) is 4.79 Å². The van der Waals surface area contributed by atoms with Gasteiger partial charge in [0.1, 0.15) is 6.04 Å². The molecule has 30 heavy (non-hydrogen) atoms. The lowest BCUT2D eigenvalue weighted by Gasteiger charge is -2.32. The van der Waals surface area contributed by atoms with Gasteiger partial charge in [-0.25, -0.2) is 0 Å². The molecule has 2 unspecified atom stereocenters. The Morgan fingerprint density at radius 1 is 1.13 bits per heavy atom. The quantitative estimate of drug-likeness (QED) is 0.596. The summed E-state index contributed by atoms with van der Waals surface area (Å²) in [5.74, 6) is 0.850. The average molecular weight is 428 g/mol. The highest BCUT2D eigenvalue weighted by atomic mass is 32.1. The van der Waals surface area contributed by atoms with E-state index in [1.807, 2.05) is 24.3 Å². The van der Waals surface area contributed by atoms with Crippen LogP contribution in [0.1, 0.15) is 30.0 Å². The first-order valence-corrected chi connectivity index (χ1v) is 10.7. The Kier molecular flexibility index (Phi) is 5.83. The minimum atomic E-state index is -0.788. The molecule has 1 fully saturated rings. The third kappa shape index (κ3) is 3.48.